The number of benzene rings is 2. The predicted octanol–water partition coefficient (Wildman–Crippen LogP) is 4.01. The first-order valence-corrected chi connectivity index (χ1v) is 9.24. The van der Waals surface area contributed by atoms with Crippen molar-refractivity contribution in [2.75, 3.05) is 4.72 Å². The third kappa shape index (κ3) is 4.36. The highest BCUT2D eigenvalue weighted by molar-refractivity contribution is 7.92. The molecule has 0 bridgehead atoms. The van der Waals surface area contributed by atoms with E-state index in [1.807, 2.05) is 19.1 Å². The molecule has 0 saturated carbocycles. The Hall–Kier alpha value is -2.86. The summed E-state index contributed by atoms with van der Waals surface area (Å²) in [7, 11) is -3.65. The van der Waals surface area contributed by atoms with Crippen LogP contribution in [-0.4, -0.2) is 14.6 Å². The maximum Gasteiger partial charge on any atom is 0.261 e. The quantitative estimate of drug-likeness (QED) is 0.680. The zero-order valence-electron chi connectivity index (χ0n) is 13.7. The molecule has 25 heavy (non-hydrogen) atoms. The predicted molar refractivity (Wildman–Crippen MR) is 98.4 cm³/mol. The molecular weight excluding hydrogens is 336 g/mol. The molecule has 2 aromatic carbocycles. The number of anilines is 1. The monoisotopic (exact) mass is 354 g/mol. The number of sulfonamides is 1. The van der Waals surface area contributed by atoms with E-state index in [-0.39, 0.29) is 4.90 Å². The summed E-state index contributed by atoms with van der Waals surface area (Å²) in [6.45, 7) is 2.31. The van der Waals surface area contributed by atoms with Gasteiger partial charge in [-0.15, -0.1) is 0 Å². The lowest BCUT2D eigenvalue weighted by Gasteiger charge is -2.10. The lowest BCUT2D eigenvalue weighted by Crippen LogP contribution is -2.14. The normalized spacial score (nSPS) is 11.7. The summed E-state index contributed by atoms with van der Waals surface area (Å²) in [6, 6.07) is 17.5. The van der Waals surface area contributed by atoms with E-state index in [0.717, 1.165) is 11.3 Å². The molecule has 5 nitrogen and oxygen atoms in total. The average molecular weight is 354 g/mol. The number of hydrogen-bond donors (Lipinski definition) is 1. The second-order valence-electron chi connectivity index (χ2n) is 5.55. The summed E-state index contributed by atoms with van der Waals surface area (Å²) in [5.74, 6) is 0.744. The van der Waals surface area contributed by atoms with Crippen LogP contribution in [0.15, 0.2) is 81.2 Å². The molecular formula is C19H18N2O3S. The highest BCUT2D eigenvalue weighted by atomic mass is 32.2. The smallest absolute Gasteiger partial charge is 0.261 e. The highest BCUT2D eigenvalue weighted by Gasteiger charge is 2.15. The minimum absolute atomic E-state index is 0.223. The molecule has 0 atom stereocenters. The minimum Gasteiger partial charge on any atom is -0.467 e. The van der Waals surface area contributed by atoms with Crippen LogP contribution in [0.4, 0.5) is 5.69 Å². The molecule has 0 fully saturated rings. The number of furan rings is 1. The molecule has 3 rings (SSSR count). The molecule has 1 aromatic heterocycles. The lowest BCUT2D eigenvalue weighted by atomic mass is 10.2. The van der Waals surface area contributed by atoms with Crippen molar-refractivity contribution in [1.82, 2.24) is 0 Å². The average Bonchev–Trinajstić information content (AvgIpc) is 3.10. The van der Waals surface area contributed by atoms with Gasteiger partial charge in [-0.25, -0.2) is 8.42 Å². The van der Waals surface area contributed by atoms with Gasteiger partial charge in [-0.05, 0) is 37.3 Å². The molecule has 0 spiro atoms. The molecule has 0 amide bonds. The van der Waals surface area contributed by atoms with Gasteiger partial charge < -0.3 is 4.42 Å². The molecule has 1 N–H and O–H groups in total. The number of nitrogens with one attached hydrogen (secondary N) is 1. The van der Waals surface area contributed by atoms with Gasteiger partial charge in [0.05, 0.1) is 23.4 Å². The van der Waals surface area contributed by atoms with Gasteiger partial charge in [0.2, 0.25) is 0 Å². The SMILES string of the molecule is Cc1ccc(S(=O)(=O)Nc2ccccc2C=NCc2ccco2)cc1. The van der Waals surface area contributed by atoms with Crippen molar-refractivity contribution < 1.29 is 12.8 Å². The van der Waals surface area contributed by atoms with Crippen LogP contribution in [0.25, 0.3) is 0 Å². The van der Waals surface area contributed by atoms with Gasteiger partial charge in [0, 0.05) is 11.8 Å². The topological polar surface area (TPSA) is 71.7 Å². The Balaban J connectivity index is 1.80. The first-order chi connectivity index (χ1) is 12.0. The largest absolute Gasteiger partial charge is 0.467 e. The number of aliphatic imine (C=N–C) groups is 1. The van der Waals surface area contributed by atoms with E-state index >= 15 is 0 Å². The van der Waals surface area contributed by atoms with E-state index in [0.29, 0.717) is 17.8 Å². The second-order valence-corrected chi connectivity index (χ2v) is 7.24. The van der Waals surface area contributed by atoms with Crippen LogP contribution in [-0.2, 0) is 16.6 Å². The molecule has 0 unspecified atom stereocenters. The van der Waals surface area contributed by atoms with Crippen LogP contribution in [0.1, 0.15) is 16.9 Å². The summed E-state index contributed by atoms with van der Waals surface area (Å²) in [4.78, 5) is 4.53. The minimum atomic E-state index is -3.65. The van der Waals surface area contributed by atoms with Crippen molar-refractivity contribution in [2.24, 2.45) is 4.99 Å². The molecule has 0 aliphatic rings. The Labute approximate surface area is 147 Å². The van der Waals surface area contributed by atoms with Crippen LogP contribution in [0, 0.1) is 6.92 Å². The number of hydrogen-bond acceptors (Lipinski definition) is 4. The summed E-state index contributed by atoms with van der Waals surface area (Å²) in [5, 5.41) is 0. The van der Waals surface area contributed by atoms with Crippen LogP contribution in [0.3, 0.4) is 0 Å². The van der Waals surface area contributed by atoms with Gasteiger partial charge >= 0.3 is 0 Å². The van der Waals surface area contributed by atoms with Gasteiger partial charge in [0.1, 0.15) is 5.76 Å². The number of nitrogens with zero attached hydrogens (tertiary/aromatic N) is 1. The summed E-state index contributed by atoms with van der Waals surface area (Å²) in [5.41, 5.74) is 2.17. The summed E-state index contributed by atoms with van der Waals surface area (Å²) in [6.07, 6.45) is 3.23. The fraction of sp³-hybridized carbons (Fsp3) is 0.105. The Kier molecular flexibility index (Phi) is 5.00. The van der Waals surface area contributed by atoms with Gasteiger partial charge in [-0.1, -0.05) is 35.9 Å². The molecule has 6 heteroatoms. The van der Waals surface area contributed by atoms with Gasteiger partial charge in [0.15, 0.2) is 0 Å². The maximum absolute atomic E-state index is 12.6. The zero-order chi connectivity index (χ0) is 17.7. The molecule has 128 valence electrons. The highest BCUT2D eigenvalue weighted by Crippen LogP contribution is 2.19. The first kappa shape index (κ1) is 17.0. The molecule has 0 radical (unpaired) electrons. The molecule has 0 aliphatic heterocycles. The van der Waals surface area contributed by atoms with Crippen LogP contribution >= 0.6 is 0 Å². The zero-order valence-corrected chi connectivity index (χ0v) is 14.5. The van der Waals surface area contributed by atoms with Crippen LogP contribution in [0.2, 0.25) is 0 Å². The van der Waals surface area contributed by atoms with Gasteiger partial charge in [-0.2, -0.15) is 0 Å². The van der Waals surface area contributed by atoms with Crippen molar-refractivity contribution in [2.45, 2.75) is 18.4 Å². The number of rotatable bonds is 6. The van der Waals surface area contributed by atoms with E-state index in [1.165, 1.54) is 0 Å². The Morgan fingerprint density at radius 2 is 1.80 bits per heavy atom. The van der Waals surface area contributed by atoms with Gasteiger partial charge in [0.25, 0.3) is 10.0 Å². The molecule has 3 aromatic rings. The van der Waals surface area contributed by atoms with Crippen molar-refractivity contribution in [3.8, 4) is 0 Å². The van der Waals surface area contributed by atoms with E-state index < -0.39 is 10.0 Å². The number of para-hydroxylation sites is 1. The van der Waals surface area contributed by atoms with E-state index in [1.54, 1.807) is 61.0 Å². The standard InChI is InChI=1S/C19H18N2O3S/c1-15-8-10-18(11-9-15)25(22,23)21-19-7-3-2-5-16(19)13-20-14-17-6-4-12-24-17/h2-13,21H,14H2,1H3. The summed E-state index contributed by atoms with van der Waals surface area (Å²) >= 11 is 0. The van der Waals surface area contributed by atoms with E-state index in [4.69, 9.17) is 4.42 Å². The van der Waals surface area contributed by atoms with Crippen molar-refractivity contribution in [3.05, 3.63) is 83.8 Å². The van der Waals surface area contributed by atoms with Gasteiger partial charge in [-0.3, -0.25) is 9.71 Å². The fourth-order valence-electron chi connectivity index (χ4n) is 2.26. The second kappa shape index (κ2) is 7.36. The fourth-order valence-corrected chi connectivity index (χ4v) is 3.35. The van der Waals surface area contributed by atoms with Crippen LogP contribution < -0.4 is 4.72 Å². The van der Waals surface area contributed by atoms with Crippen molar-refractivity contribution >= 4 is 21.9 Å². The molecule has 1 heterocycles. The Morgan fingerprint density at radius 3 is 2.52 bits per heavy atom. The summed E-state index contributed by atoms with van der Waals surface area (Å²) < 4.78 is 33.0. The van der Waals surface area contributed by atoms with E-state index in [9.17, 15) is 8.42 Å². The number of aryl methyl sites for hydroxylation is 1. The third-order valence-corrected chi connectivity index (χ3v) is 4.98. The molecule has 0 aliphatic carbocycles. The maximum atomic E-state index is 12.6. The van der Waals surface area contributed by atoms with E-state index in [2.05, 4.69) is 9.71 Å². The third-order valence-electron chi connectivity index (χ3n) is 3.59. The van der Waals surface area contributed by atoms with Crippen molar-refractivity contribution in [3.63, 3.8) is 0 Å². The Morgan fingerprint density at radius 1 is 1.04 bits per heavy atom. The Bertz CT molecular complexity index is 960. The van der Waals surface area contributed by atoms with Crippen molar-refractivity contribution in [1.29, 1.82) is 0 Å². The lowest BCUT2D eigenvalue weighted by molar-refractivity contribution is 0.513. The first-order valence-electron chi connectivity index (χ1n) is 7.75. The molecule has 0 saturated heterocycles. The van der Waals surface area contributed by atoms with Crippen LogP contribution in [0.5, 0.6) is 0 Å².